The van der Waals surface area contributed by atoms with Gasteiger partial charge >= 0.3 is 57.4 Å². The standard InChI is InChI=1S/C29H46N4O4S.C17H26N4O3S.C12H24O3.C4H9O.C2H6O.K/c1-23-21-25(30-3)22-24(2)26(23)14-20-38(36,37)33-17-15-29(16-18-33)28(35)31-27(32-29)13-11-9-7-5-4-6-8-10-12-19-34;1-12-10-14(20-3)11-13(2)15(12)4-9-25(23,24)21-7-5-17(19,6-8-21)16(18)22;13-11-9-7-5-3-1-2-4-6-8-10-12(14)15;1-4(2,3)5;1-2-3;/h14,20-22,30,34H,4-13,15-19H2,1-3H3,(H,31,32,35);4,9-11,20H,5-8,19H2,1-3H3,(H2,18,22);13H,1-11H2,(H,14,15);1-3H3;3H,2H2,1H3;/q;;;-1;;+1/b20-14+;9-4+;;;;. The van der Waals surface area contributed by atoms with E-state index in [0.29, 0.717) is 32.5 Å². The van der Waals surface area contributed by atoms with Crippen LogP contribution < -0.4 is 83.9 Å². The van der Waals surface area contributed by atoms with Crippen LogP contribution in [0, 0.1) is 27.7 Å². The van der Waals surface area contributed by atoms with Crippen LogP contribution in [0.25, 0.3) is 12.2 Å². The van der Waals surface area contributed by atoms with E-state index in [1.54, 1.807) is 39.8 Å². The third kappa shape index (κ3) is 34.2. The zero-order valence-corrected chi connectivity index (χ0v) is 59.7. The Balaban J connectivity index is 0.00000129. The van der Waals surface area contributed by atoms with Crippen LogP contribution >= 0.6 is 0 Å². The maximum Gasteiger partial charge on any atom is 1.00 e. The van der Waals surface area contributed by atoms with E-state index < -0.39 is 48.6 Å². The molecular formula is C64H111KN8O12S2. The van der Waals surface area contributed by atoms with Crippen molar-refractivity contribution in [3.63, 3.8) is 0 Å². The molecule has 2 aromatic carbocycles. The third-order valence-electron chi connectivity index (χ3n) is 15.1. The zero-order valence-electron chi connectivity index (χ0n) is 54.9. The number of hydrogen-bond acceptors (Lipinski definition) is 15. The molecular weight excluding hydrogens is 1180 g/mol. The molecule has 1 spiro atoms. The molecule has 11 N–H and O–H groups in total. The van der Waals surface area contributed by atoms with Crippen molar-refractivity contribution >= 4 is 67.2 Å². The monoisotopic (exact) mass is 1290 g/mol. The van der Waals surface area contributed by atoms with Crippen molar-refractivity contribution in [2.45, 2.75) is 226 Å². The number of hydrogen-bond donors (Lipinski definition) is 9. The molecule has 0 saturated carbocycles. The van der Waals surface area contributed by atoms with Gasteiger partial charge in [-0.15, -0.1) is 5.60 Å². The van der Waals surface area contributed by atoms with Gasteiger partial charge in [-0.1, -0.05) is 111 Å². The average molecular weight is 1290 g/mol. The van der Waals surface area contributed by atoms with Crippen molar-refractivity contribution in [2.75, 3.05) is 70.7 Å². The number of rotatable bonds is 31. The van der Waals surface area contributed by atoms with Gasteiger partial charge in [0, 0.05) is 95.1 Å². The second-order valence-electron chi connectivity index (χ2n) is 23.7. The number of carbonyl (C=O) groups excluding carboxylic acids is 2. The van der Waals surface area contributed by atoms with Gasteiger partial charge in [0.15, 0.2) is 0 Å². The van der Waals surface area contributed by atoms with Gasteiger partial charge < -0.3 is 53.0 Å². The van der Waals surface area contributed by atoms with Crippen molar-refractivity contribution in [1.29, 1.82) is 0 Å². The Morgan fingerprint density at radius 2 is 0.954 bits per heavy atom. The number of benzene rings is 2. The van der Waals surface area contributed by atoms with E-state index in [9.17, 15) is 36.3 Å². The third-order valence-corrected chi connectivity index (χ3v) is 18.2. The normalized spacial score (nSPS) is 15.8. The van der Waals surface area contributed by atoms with Gasteiger partial charge in [0.05, 0.1) is 5.54 Å². The van der Waals surface area contributed by atoms with Gasteiger partial charge in [-0.05, 0) is 156 Å². The van der Waals surface area contributed by atoms with E-state index >= 15 is 0 Å². The van der Waals surface area contributed by atoms with Crippen LogP contribution in [-0.4, -0.2) is 146 Å². The number of piperidine rings is 2. The van der Waals surface area contributed by atoms with Gasteiger partial charge in [-0.25, -0.2) is 16.8 Å². The number of nitrogens with zero attached hydrogens (tertiary/aromatic N) is 3. The molecule has 2 aromatic rings. The Morgan fingerprint density at radius 3 is 1.26 bits per heavy atom. The van der Waals surface area contributed by atoms with E-state index in [1.807, 2.05) is 66.1 Å². The molecule has 3 aliphatic heterocycles. The van der Waals surface area contributed by atoms with Crippen molar-refractivity contribution in [3.8, 4) is 0 Å². The Bertz CT molecular complexity index is 2600. The first-order valence-corrected chi connectivity index (χ1v) is 34.2. The van der Waals surface area contributed by atoms with Crippen molar-refractivity contribution in [2.24, 2.45) is 16.5 Å². The number of aliphatic carboxylic acids is 1. The summed E-state index contributed by atoms with van der Waals surface area (Å²) in [6, 6.07) is 7.94. The number of aliphatic hydroxyl groups excluding tert-OH is 3. The van der Waals surface area contributed by atoms with E-state index in [1.165, 1.54) is 77.2 Å². The Hall–Kier alpha value is -3.14. The quantitative estimate of drug-likeness (QED) is 0.0312. The second kappa shape index (κ2) is 44.4. The van der Waals surface area contributed by atoms with Crippen molar-refractivity contribution in [1.82, 2.24) is 13.9 Å². The van der Waals surface area contributed by atoms with Crippen LogP contribution in [0.1, 0.15) is 215 Å². The topological polar surface area (TPSA) is 330 Å². The molecule has 3 heterocycles. The summed E-state index contributed by atoms with van der Waals surface area (Å²) in [4.78, 5) is 39.2. The van der Waals surface area contributed by atoms with E-state index in [0.717, 1.165) is 115 Å². The Kier molecular flexibility index (Phi) is 42.8. The first-order chi connectivity index (χ1) is 40.5. The molecule has 0 bridgehead atoms. The second-order valence-corrected chi connectivity index (χ2v) is 27.4. The minimum atomic E-state index is -3.59. The van der Waals surface area contributed by atoms with Gasteiger partial charge in [-0.2, -0.15) is 8.61 Å². The number of amides is 2. The number of nitrogens with one attached hydrogen (secondary N) is 3. The molecule has 0 atom stereocenters. The van der Waals surface area contributed by atoms with Gasteiger partial charge in [0.1, 0.15) is 11.4 Å². The van der Waals surface area contributed by atoms with Gasteiger partial charge in [0.25, 0.3) is 5.91 Å². The summed E-state index contributed by atoms with van der Waals surface area (Å²) in [5, 5.41) is 55.1. The number of unbranched alkanes of at least 4 members (excludes halogenated alkanes) is 16. The summed E-state index contributed by atoms with van der Waals surface area (Å²) >= 11 is 0. The van der Waals surface area contributed by atoms with E-state index in [-0.39, 0.29) is 103 Å². The van der Waals surface area contributed by atoms with Gasteiger partial charge in [-0.3, -0.25) is 19.4 Å². The smallest absolute Gasteiger partial charge is 0.850 e. The zero-order chi connectivity index (χ0) is 65.0. The molecule has 23 heteroatoms. The van der Waals surface area contributed by atoms with Crippen LogP contribution in [-0.2, 0) is 34.4 Å². The molecule has 5 rings (SSSR count). The predicted octanol–water partition coefficient (Wildman–Crippen LogP) is 5.94. The first-order valence-electron chi connectivity index (χ1n) is 31.2. The number of amidine groups is 1. The number of sulfonamides is 2. The summed E-state index contributed by atoms with van der Waals surface area (Å²) in [5.41, 5.74) is 16.3. The van der Waals surface area contributed by atoms with E-state index in [2.05, 4.69) is 16.0 Å². The summed E-state index contributed by atoms with van der Waals surface area (Å²) < 4.78 is 54.0. The molecule has 2 amide bonds. The number of primary amides is 1. The maximum absolute atomic E-state index is 13.0. The number of aliphatic imine (C=N–C) groups is 1. The Morgan fingerprint density at radius 1 is 0.644 bits per heavy atom. The van der Waals surface area contributed by atoms with Crippen LogP contribution in [0.4, 0.5) is 11.4 Å². The molecule has 0 unspecified atom stereocenters. The number of carbonyl (C=O) groups is 3. The molecule has 2 fully saturated rings. The first kappa shape index (κ1) is 83.9. The minimum Gasteiger partial charge on any atom is -0.850 e. The molecule has 20 nitrogen and oxygen atoms in total. The number of anilines is 2. The fourth-order valence-corrected chi connectivity index (χ4v) is 12.4. The van der Waals surface area contributed by atoms with Crippen LogP contribution in [0.5, 0.6) is 0 Å². The molecule has 2 saturated heterocycles. The predicted molar refractivity (Wildman–Crippen MR) is 350 cm³/mol. The number of aliphatic hydroxyl groups is 3. The molecule has 0 radical (unpaired) electrons. The fourth-order valence-electron chi connectivity index (χ4n) is 10.0. The molecule has 0 aromatic heterocycles. The summed E-state index contributed by atoms with van der Waals surface area (Å²) in [6.45, 7) is 16.2. The molecule has 492 valence electrons. The number of carboxylic acid groups (broad SMARTS) is 1. The van der Waals surface area contributed by atoms with Crippen LogP contribution in [0.2, 0.25) is 0 Å². The van der Waals surface area contributed by atoms with E-state index in [4.69, 9.17) is 36.9 Å². The largest absolute Gasteiger partial charge is 1.00 e. The van der Waals surface area contributed by atoms with Crippen molar-refractivity contribution in [3.05, 3.63) is 68.5 Å². The average Bonchev–Trinajstić information content (AvgIpc) is 2.02. The Labute approximate surface area is 566 Å². The van der Waals surface area contributed by atoms with Crippen LogP contribution in [0.15, 0.2) is 40.1 Å². The molecule has 87 heavy (non-hydrogen) atoms. The number of carboxylic acids is 1. The summed E-state index contributed by atoms with van der Waals surface area (Å²) in [6.07, 6.45) is 25.9. The molecule has 3 aliphatic rings. The maximum atomic E-state index is 13.0. The number of aryl methyl sites for hydroxylation is 4. The van der Waals surface area contributed by atoms with Gasteiger partial charge in [0.2, 0.25) is 26.0 Å². The fraction of sp³-hybridized carbons (Fsp3) is 0.688. The SMILES string of the molecule is CC(C)(C)[O-].CCO.CNc1cc(C)c(/C=C/S(=O)(=O)N2CCC(N)(C(N)=O)CC2)c(C)c1.CNc1cc(C)c(/C=C/S(=O)(=O)N2CCC3(CC2)N=C(CCCCCCCCCCCO)NC3=O)c(C)c1.O=C(O)CCCCCCCCCCCO.[K+]. The van der Waals surface area contributed by atoms with Crippen molar-refractivity contribution < 1.29 is 108 Å². The summed E-state index contributed by atoms with van der Waals surface area (Å²) in [5.74, 6) is -0.597. The minimum absolute atomic E-state index is 0. The molecule has 0 aliphatic carbocycles. The van der Waals surface area contributed by atoms with Crippen LogP contribution in [0.3, 0.4) is 0 Å². The summed E-state index contributed by atoms with van der Waals surface area (Å²) in [7, 11) is -3.47. The number of nitrogens with two attached hydrogens (primary N) is 2.